The molecule has 0 amide bonds. The van der Waals surface area contributed by atoms with E-state index in [0.717, 1.165) is 0 Å². The van der Waals surface area contributed by atoms with Gasteiger partial charge in [-0.05, 0) is 6.92 Å². The highest BCUT2D eigenvalue weighted by atomic mass is 35.5. The van der Waals surface area contributed by atoms with Gasteiger partial charge in [-0.25, -0.2) is 4.00 Å². The third-order valence-electron chi connectivity index (χ3n) is 1.18. The second-order valence-corrected chi connectivity index (χ2v) is 3.94. The fourth-order valence-electron chi connectivity index (χ4n) is 0.597. The van der Waals surface area contributed by atoms with Gasteiger partial charge in [0.15, 0.2) is 11.8 Å². The normalized spacial score (nSPS) is 16.9. The molecule has 0 fully saturated rings. The Hall–Kier alpha value is 0.130. The number of quaternary nitrogens is 1. The molecule has 5 heteroatoms. The van der Waals surface area contributed by atoms with Crippen LogP contribution in [0, 0.1) is 0 Å². The number of hydrogen-bond donors (Lipinski definition) is 3. The Balaban J connectivity index is 0. The van der Waals surface area contributed by atoms with E-state index < -0.39 is 12.2 Å². The second-order valence-electron chi connectivity index (χ2n) is 3.03. The minimum absolute atomic E-state index is 0. The van der Waals surface area contributed by atoms with Gasteiger partial charge in [-0.1, -0.05) is 0 Å². The summed E-state index contributed by atoms with van der Waals surface area (Å²) in [6.07, 6.45) is -1.45. The number of nitrogens with zero attached hydrogens (tertiary/aromatic N) is 1. The topological polar surface area (TPSA) is 75.5 Å². The molecule has 0 saturated carbocycles. The molecule has 0 bridgehead atoms. The van der Waals surface area contributed by atoms with E-state index in [4.69, 9.17) is 22.0 Å². The molecule has 0 saturated heterocycles. The average Bonchev–Trinajstić information content (AvgIpc) is 1.60. The summed E-state index contributed by atoms with van der Waals surface area (Å²) in [6.45, 7) is 1.89. The number of aliphatic hydroxyl groups excluding tert-OH is 2. The number of likely N-dealkylation sites (N-methyl/N-ethyl adjacent to an activating group) is 1. The highest BCUT2D eigenvalue weighted by Crippen LogP contribution is 2.05. The van der Waals surface area contributed by atoms with Crippen LogP contribution in [0.1, 0.15) is 6.92 Å². The Bertz CT molecular complexity index is 103. The SMILES string of the molecule is CC(O)C(O)C[N+](C)(C)Cl.N. The predicted octanol–water partition coefficient (Wildman–Crippen LogP) is 0.120. The molecule has 0 aliphatic rings. The first-order chi connectivity index (χ1) is 4.33. The molecule has 0 aromatic carbocycles. The molecule has 0 spiro atoms. The van der Waals surface area contributed by atoms with Crippen molar-refractivity contribution in [3.8, 4) is 0 Å². The third-order valence-corrected chi connectivity index (χ3v) is 1.32. The largest absolute Gasteiger partial charge is 0.390 e. The Morgan fingerprint density at radius 1 is 1.36 bits per heavy atom. The molecule has 0 radical (unpaired) electrons. The zero-order chi connectivity index (χ0) is 8.36. The molecule has 4 nitrogen and oxygen atoms in total. The number of hydrogen-bond acceptors (Lipinski definition) is 3. The van der Waals surface area contributed by atoms with E-state index in [1.54, 1.807) is 14.1 Å². The molecular weight excluding hydrogens is 168 g/mol. The van der Waals surface area contributed by atoms with Crippen molar-refractivity contribution in [2.75, 3.05) is 20.6 Å². The van der Waals surface area contributed by atoms with E-state index in [2.05, 4.69) is 0 Å². The van der Waals surface area contributed by atoms with E-state index in [1.165, 1.54) is 6.92 Å². The summed E-state index contributed by atoms with van der Waals surface area (Å²) in [5, 5.41) is 18.0. The lowest BCUT2D eigenvalue weighted by Gasteiger charge is -2.22. The first-order valence-corrected chi connectivity index (χ1v) is 3.55. The molecule has 5 N–H and O–H groups in total. The zero-order valence-corrected chi connectivity index (χ0v) is 8.04. The average molecular weight is 186 g/mol. The lowest BCUT2D eigenvalue weighted by Crippen LogP contribution is -2.41. The molecule has 0 aromatic rings. The van der Waals surface area contributed by atoms with Crippen LogP contribution in [0.4, 0.5) is 0 Å². The van der Waals surface area contributed by atoms with Crippen LogP contribution in [-0.2, 0) is 0 Å². The van der Waals surface area contributed by atoms with Gasteiger partial charge in [-0.15, -0.1) is 0 Å². The summed E-state index contributed by atoms with van der Waals surface area (Å²) in [5.74, 6) is 0. The summed E-state index contributed by atoms with van der Waals surface area (Å²) in [7, 11) is 3.49. The standard InChI is InChI=1S/C6H15ClNO2.H3N/c1-5(9)6(10)4-8(2,3)7;/h5-6,9-10H,4H2,1-3H3;1H3/q+1;. The summed E-state index contributed by atoms with van der Waals surface area (Å²) in [4.78, 5) is 0. The lowest BCUT2D eigenvalue weighted by atomic mass is 10.2. The van der Waals surface area contributed by atoms with Crippen molar-refractivity contribution in [3.05, 3.63) is 0 Å². The Morgan fingerprint density at radius 3 is 1.82 bits per heavy atom. The maximum Gasteiger partial charge on any atom is 0.164 e. The monoisotopic (exact) mass is 185 g/mol. The lowest BCUT2D eigenvalue weighted by molar-refractivity contribution is -0.776. The van der Waals surface area contributed by atoms with Crippen LogP contribution in [-0.4, -0.2) is 47.1 Å². The van der Waals surface area contributed by atoms with Crippen molar-refractivity contribution in [2.24, 2.45) is 0 Å². The molecule has 0 aliphatic carbocycles. The van der Waals surface area contributed by atoms with Gasteiger partial charge in [0.05, 0.1) is 20.2 Å². The number of halogens is 1. The zero-order valence-electron chi connectivity index (χ0n) is 7.29. The van der Waals surface area contributed by atoms with Crippen molar-refractivity contribution < 1.29 is 14.2 Å². The fourth-order valence-corrected chi connectivity index (χ4v) is 0.739. The Kier molecular flexibility index (Phi) is 6.10. The fraction of sp³-hybridized carbons (Fsp3) is 1.00. The van der Waals surface area contributed by atoms with Crippen LogP contribution in [0.3, 0.4) is 0 Å². The van der Waals surface area contributed by atoms with E-state index in [9.17, 15) is 0 Å². The van der Waals surface area contributed by atoms with Gasteiger partial charge in [0.25, 0.3) is 0 Å². The summed E-state index contributed by atoms with van der Waals surface area (Å²) < 4.78 is 0.145. The van der Waals surface area contributed by atoms with E-state index in [-0.39, 0.29) is 10.2 Å². The van der Waals surface area contributed by atoms with Crippen LogP contribution < -0.4 is 6.15 Å². The molecule has 0 heterocycles. The molecule has 2 atom stereocenters. The number of aliphatic hydroxyl groups is 2. The highest BCUT2D eigenvalue weighted by molar-refractivity contribution is 6.06. The second kappa shape index (κ2) is 4.90. The first-order valence-electron chi connectivity index (χ1n) is 3.22. The van der Waals surface area contributed by atoms with E-state index in [1.807, 2.05) is 0 Å². The smallest absolute Gasteiger partial charge is 0.164 e. The maximum atomic E-state index is 9.11. The van der Waals surface area contributed by atoms with Gasteiger partial charge in [0.1, 0.15) is 12.6 Å². The summed E-state index contributed by atoms with van der Waals surface area (Å²) in [6, 6.07) is 0. The van der Waals surface area contributed by atoms with Gasteiger partial charge < -0.3 is 16.4 Å². The molecule has 11 heavy (non-hydrogen) atoms. The molecular formula is C6H18ClN2O2+. The molecule has 2 unspecified atom stereocenters. The van der Waals surface area contributed by atoms with Gasteiger partial charge in [-0.2, -0.15) is 0 Å². The van der Waals surface area contributed by atoms with E-state index in [0.29, 0.717) is 6.54 Å². The van der Waals surface area contributed by atoms with Crippen LogP contribution in [0.25, 0.3) is 0 Å². The highest BCUT2D eigenvalue weighted by Gasteiger charge is 2.21. The summed E-state index contributed by atoms with van der Waals surface area (Å²) in [5.41, 5.74) is 0. The van der Waals surface area contributed by atoms with Crippen molar-refractivity contribution in [3.63, 3.8) is 0 Å². The van der Waals surface area contributed by atoms with Crippen molar-refractivity contribution in [1.82, 2.24) is 6.15 Å². The quantitative estimate of drug-likeness (QED) is 0.547. The molecule has 0 aromatic heterocycles. The maximum absolute atomic E-state index is 9.11. The van der Waals surface area contributed by atoms with Crippen LogP contribution in [0.15, 0.2) is 0 Å². The third kappa shape index (κ3) is 8.03. The van der Waals surface area contributed by atoms with Crippen molar-refractivity contribution in [1.29, 1.82) is 0 Å². The summed E-state index contributed by atoms with van der Waals surface area (Å²) >= 11 is 5.74. The van der Waals surface area contributed by atoms with E-state index >= 15 is 0 Å². The molecule has 0 rings (SSSR count). The molecule has 0 aliphatic heterocycles. The van der Waals surface area contributed by atoms with Crippen molar-refractivity contribution >= 4 is 11.8 Å². The number of rotatable bonds is 3. The molecule has 70 valence electrons. The van der Waals surface area contributed by atoms with Gasteiger partial charge in [-0.3, -0.25) is 0 Å². The minimum atomic E-state index is -0.743. The Labute approximate surface area is 72.7 Å². The van der Waals surface area contributed by atoms with Crippen LogP contribution in [0.5, 0.6) is 0 Å². The van der Waals surface area contributed by atoms with Gasteiger partial charge in [0, 0.05) is 0 Å². The first kappa shape index (κ1) is 13.7. The van der Waals surface area contributed by atoms with Crippen LogP contribution in [0.2, 0.25) is 0 Å². The van der Waals surface area contributed by atoms with Crippen molar-refractivity contribution in [2.45, 2.75) is 19.1 Å². The predicted molar refractivity (Wildman–Crippen MR) is 45.5 cm³/mol. The van der Waals surface area contributed by atoms with Gasteiger partial charge in [0.2, 0.25) is 0 Å². The van der Waals surface area contributed by atoms with Crippen LogP contribution >= 0.6 is 11.8 Å². The minimum Gasteiger partial charge on any atom is -0.390 e. The Morgan fingerprint density at radius 2 is 1.73 bits per heavy atom. The van der Waals surface area contributed by atoms with Gasteiger partial charge >= 0.3 is 0 Å².